The molecule has 4 nitrogen and oxygen atoms in total. The summed E-state index contributed by atoms with van der Waals surface area (Å²) in [4.78, 5) is 28.0. The highest BCUT2D eigenvalue weighted by atomic mass is 16.5. The summed E-state index contributed by atoms with van der Waals surface area (Å²) in [7, 11) is 1.38. The van der Waals surface area contributed by atoms with Gasteiger partial charge in [0.05, 0.1) is 18.7 Å². The molecule has 0 saturated carbocycles. The standard InChI is InChI=1S/C29H29NO3/c1-29(2,3)22-16-14-21(15-17-22)25(28(32)33-4)18-26-23-12-8-9-13-24(23)27(31)30(26)19-20-10-6-5-7-11-20/h5-18,26H,19H2,1-4H3/b25-18+. The van der Waals surface area contributed by atoms with Gasteiger partial charge in [-0.3, -0.25) is 4.79 Å². The minimum absolute atomic E-state index is 0.0109. The van der Waals surface area contributed by atoms with Gasteiger partial charge in [0, 0.05) is 12.1 Å². The smallest absolute Gasteiger partial charge is 0.338 e. The largest absolute Gasteiger partial charge is 0.465 e. The number of rotatable bonds is 5. The van der Waals surface area contributed by atoms with E-state index in [1.165, 1.54) is 12.7 Å². The molecule has 0 fully saturated rings. The van der Waals surface area contributed by atoms with Gasteiger partial charge in [-0.05, 0) is 39.8 Å². The third-order valence-electron chi connectivity index (χ3n) is 6.09. The number of ether oxygens (including phenoxy) is 1. The lowest BCUT2D eigenvalue weighted by Gasteiger charge is -2.24. The highest BCUT2D eigenvalue weighted by Crippen LogP contribution is 2.38. The van der Waals surface area contributed by atoms with E-state index < -0.39 is 5.97 Å². The Bertz CT molecular complexity index is 1190. The molecule has 0 spiro atoms. The molecular weight excluding hydrogens is 410 g/mol. The molecule has 168 valence electrons. The van der Waals surface area contributed by atoms with E-state index in [1.54, 1.807) is 0 Å². The molecule has 4 rings (SSSR count). The fraction of sp³-hybridized carbons (Fsp3) is 0.241. The first-order chi connectivity index (χ1) is 15.8. The van der Waals surface area contributed by atoms with E-state index in [2.05, 4.69) is 20.8 Å². The fourth-order valence-corrected chi connectivity index (χ4v) is 4.23. The van der Waals surface area contributed by atoms with Crippen LogP contribution in [0.5, 0.6) is 0 Å². The minimum Gasteiger partial charge on any atom is -0.465 e. The van der Waals surface area contributed by atoms with Crippen LogP contribution in [-0.2, 0) is 21.5 Å². The Morgan fingerprint density at radius 1 is 0.939 bits per heavy atom. The zero-order valence-electron chi connectivity index (χ0n) is 19.5. The Balaban J connectivity index is 1.79. The summed E-state index contributed by atoms with van der Waals surface area (Å²) in [6, 6.07) is 25.1. The fourth-order valence-electron chi connectivity index (χ4n) is 4.23. The van der Waals surface area contributed by atoms with Crippen molar-refractivity contribution in [1.29, 1.82) is 0 Å². The summed E-state index contributed by atoms with van der Waals surface area (Å²) >= 11 is 0. The summed E-state index contributed by atoms with van der Waals surface area (Å²) < 4.78 is 5.13. The van der Waals surface area contributed by atoms with Gasteiger partial charge in [-0.25, -0.2) is 4.79 Å². The third kappa shape index (κ3) is 4.61. The van der Waals surface area contributed by atoms with Gasteiger partial charge in [0.2, 0.25) is 0 Å². The first kappa shape index (κ1) is 22.5. The molecule has 0 aliphatic carbocycles. The van der Waals surface area contributed by atoms with Crippen molar-refractivity contribution in [2.45, 2.75) is 38.8 Å². The number of fused-ring (bicyclic) bond motifs is 1. The number of carbonyl (C=O) groups excluding carboxylic acids is 2. The lowest BCUT2D eigenvalue weighted by molar-refractivity contribution is -0.133. The van der Waals surface area contributed by atoms with E-state index in [1.807, 2.05) is 89.8 Å². The predicted octanol–water partition coefficient (Wildman–Crippen LogP) is 5.94. The second-order valence-corrected chi connectivity index (χ2v) is 9.35. The Labute approximate surface area is 195 Å². The van der Waals surface area contributed by atoms with Crippen LogP contribution in [0.2, 0.25) is 0 Å². The van der Waals surface area contributed by atoms with Crippen molar-refractivity contribution < 1.29 is 14.3 Å². The first-order valence-electron chi connectivity index (χ1n) is 11.1. The number of nitrogens with zero attached hydrogens (tertiary/aromatic N) is 1. The molecule has 1 heterocycles. The molecule has 0 radical (unpaired) electrons. The lowest BCUT2D eigenvalue weighted by atomic mass is 9.86. The Hall–Kier alpha value is -3.66. The SMILES string of the molecule is COC(=O)/C(=C/C1c2ccccc2C(=O)N1Cc1ccccc1)c1ccc(C(C)(C)C)cc1. The Morgan fingerprint density at radius 2 is 1.58 bits per heavy atom. The van der Waals surface area contributed by atoms with Gasteiger partial charge in [0.25, 0.3) is 5.91 Å². The van der Waals surface area contributed by atoms with Crippen LogP contribution >= 0.6 is 0 Å². The van der Waals surface area contributed by atoms with Crippen molar-refractivity contribution in [3.63, 3.8) is 0 Å². The number of esters is 1. The van der Waals surface area contributed by atoms with Crippen LogP contribution in [0.1, 0.15) is 59.4 Å². The molecular formula is C29H29NO3. The summed E-state index contributed by atoms with van der Waals surface area (Å²) in [5.74, 6) is -0.460. The molecule has 1 atom stereocenters. The molecule has 0 bridgehead atoms. The number of hydrogen-bond donors (Lipinski definition) is 0. The minimum atomic E-state index is -0.421. The van der Waals surface area contributed by atoms with Gasteiger partial charge in [-0.1, -0.05) is 93.6 Å². The van der Waals surface area contributed by atoms with E-state index in [4.69, 9.17) is 4.74 Å². The van der Waals surface area contributed by atoms with Gasteiger partial charge in [0.15, 0.2) is 0 Å². The Morgan fingerprint density at radius 3 is 2.21 bits per heavy atom. The molecule has 3 aromatic carbocycles. The average Bonchev–Trinajstić information content (AvgIpc) is 3.08. The predicted molar refractivity (Wildman–Crippen MR) is 131 cm³/mol. The summed E-state index contributed by atoms with van der Waals surface area (Å²) in [6.45, 7) is 6.91. The number of benzene rings is 3. The van der Waals surface area contributed by atoms with E-state index in [0.717, 1.165) is 16.7 Å². The number of hydrogen-bond acceptors (Lipinski definition) is 3. The van der Waals surface area contributed by atoms with Crippen molar-refractivity contribution in [2.24, 2.45) is 0 Å². The van der Waals surface area contributed by atoms with Gasteiger partial charge in [0.1, 0.15) is 0 Å². The highest BCUT2D eigenvalue weighted by molar-refractivity contribution is 6.17. The molecule has 1 unspecified atom stereocenters. The maximum Gasteiger partial charge on any atom is 0.338 e. The topological polar surface area (TPSA) is 46.6 Å². The second-order valence-electron chi connectivity index (χ2n) is 9.35. The van der Waals surface area contributed by atoms with E-state index >= 15 is 0 Å². The summed E-state index contributed by atoms with van der Waals surface area (Å²) in [5, 5.41) is 0. The van der Waals surface area contributed by atoms with Crippen LogP contribution in [0.25, 0.3) is 5.57 Å². The Kier molecular flexibility index (Phi) is 6.19. The van der Waals surface area contributed by atoms with Crippen molar-refractivity contribution >= 4 is 17.4 Å². The van der Waals surface area contributed by atoms with Crippen LogP contribution < -0.4 is 0 Å². The van der Waals surface area contributed by atoms with Crippen molar-refractivity contribution in [2.75, 3.05) is 7.11 Å². The van der Waals surface area contributed by atoms with Gasteiger partial charge >= 0.3 is 5.97 Å². The van der Waals surface area contributed by atoms with Crippen LogP contribution in [0.15, 0.2) is 84.9 Å². The molecule has 3 aromatic rings. The monoisotopic (exact) mass is 439 g/mol. The molecule has 1 aliphatic rings. The zero-order valence-corrected chi connectivity index (χ0v) is 19.5. The molecule has 33 heavy (non-hydrogen) atoms. The molecule has 0 saturated heterocycles. The quantitative estimate of drug-likeness (QED) is 0.365. The number of methoxy groups -OCH3 is 1. The van der Waals surface area contributed by atoms with E-state index in [-0.39, 0.29) is 17.4 Å². The van der Waals surface area contributed by atoms with E-state index in [0.29, 0.717) is 17.7 Å². The van der Waals surface area contributed by atoms with Gasteiger partial charge < -0.3 is 9.64 Å². The normalized spacial score (nSPS) is 16.0. The maximum absolute atomic E-state index is 13.3. The van der Waals surface area contributed by atoms with Crippen LogP contribution in [0.4, 0.5) is 0 Å². The van der Waals surface area contributed by atoms with Crippen molar-refractivity contribution in [3.05, 3.63) is 113 Å². The molecule has 0 aromatic heterocycles. The summed E-state index contributed by atoms with van der Waals surface area (Å²) in [6.07, 6.45) is 1.87. The zero-order chi connectivity index (χ0) is 23.6. The second kappa shape index (κ2) is 9.07. The first-order valence-corrected chi connectivity index (χ1v) is 11.1. The van der Waals surface area contributed by atoms with Crippen LogP contribution in [0.3, 0.4) is 0 Å². The van der Waals surface area contributed by atoms with Crippen LogP contribution in [0, 0.1) is 0 Å². The molecule has 1 aliphatic heterocycles. The van der Waals surface area contributed by atoms with Crippen molar-refractivity contribution in [3.8, 4) is 0 Å². The highest BCUT2D eigenvalue weighted by Gasteiger charge is 2.36. The van der Waals surface area contributed by atoms with Gasteiger partial charge in [-0.15, -0.1) is 0 Å². The third-order valence-corrected chi connectivity index (χ3v) is 6.09. The molecule has 4 heteroatoms. The molecule has 1 amide bonds. The summed E-state index contributed by atoms with van der Waals surface area (Å²) in [5.41, 5.74) is 5.01. The van der Waals surface area contributed by atoms with Gasteiger partial charge in [-0.2, -0.15) is 0 Å². The maximum atomic E-state index is 13.3. The van der Waals surface area contributed by atoms with Crippen molar-refractivity contribution in [1.82, 2.24) is 4.90 Å². The lowest BCUT2D eigenvalue weighted by Crippen LogP contribution is -2.27. The number of amides is 1. The average molecular weight is 440 g/mol. The van der Waals surface area contributed by atoms with E-state index in [9.17, 15) is 9.59 Å². The molecule has 0 N–H and O–H groups in total. The number of carbonyl (C=O) groups is 2. The van der Waals surface area contributed by atoms with Crippen LogP contribution in [-0.4, -0.2) is 23.9 Å².